The maximum Gasteiger partial charge on any atom is 0.485 e. The lowest BCUT2D eigenvalue weighted by Crippen LogP contribution is -2.45. The molecule has 77 heavy (non-hydrogen) atoms. The van der Waals surface area contributed by atoms with Gasteiger partial charge in [-0.05, 0) is 0 Å². The summed E-state index contributed by atoms with van der Waals surface area (Å²) < 4.78 is 117. The van der Waals surface area contributed by atoms with Crippen LogP contribution in [0.5, 0.6) is 0 Å². The van der Waals surface area contributed by atoms with Gasteiger partial charge in [0.25, 0.3) is 17.1 Å². The molecule has 0 aliphatic carbocycles. The number of aromatic amines is 2. The first-order chi connectivity index (χ1) is 36.2. The lowest BCUT2D eigenvalue weighted by atomic mass is 9.99. The van der Waals surface area contributed by atoms with Crippen molar-refractivity contribution in [3.8, 4) is 0 Å². The average molecular weight is 1170 g/mol. The number of nitrogens with zero attached hydrogens (tertiary/aromatic N) is 10. The number of aromatic nitrogens is 12. The quantitative estimate of drug-likeness (QED) is 0.0188. The number of aliphatic hydroxyl groups excluding tert-OH is 3. The number of nitrogens with one attached hydrogen (secondary N) is 2. The van der Waals surface area contributed by atoms with Crippen LogP contribution in [0.2, 0.25) is 0 Å². The standard InChI is InChI=1S/C34H46BN15O23P4/c1-47-11-50(27-18(47)29(55)46-34(38)44-27)30-19(51)12(4-63-2)13(68-30)5-65-74(35,56)72-77(61,62)73-76(59,60)67-7-15-22(23(64-3)32(70-15)48-9-41-16-24(36)39-8-40-25(16)48)71-75(57,58)66-6-14-20(52)21(53)31(69-14)49-10-42-17-26(49)43-33(37)45-28(17)54/h8-15,19-23,30-32,51-53H,4-7H2,1-3H3,(H10-,36,37,38,39,40,43,44,45,46,54,55,57,58,59,60,61,62)/q-1/p+1/t12-,13-,14-,15?,19-,20-,21-,22-,23-,30-,31-,32-,74?/m1/s1. The highest BCUT2D eigenvalue weighted by Gasteiger charge is 2.53. The largest absolute Gasteiger partial charge is 0.485 e. The zero-order valence-electron chi connectivity index (χ0n) is 39.8. The third-order valence-electron chi connectivity index (χ3n) is 12.1. The van der Waals surface area contributed by atoms with Gasteiger partial charge in [-0.1, -0.05) is 4.98 Å². The van der Waals surface area contributed by atoms with Crippen LogP contribution in [0.4, 0.5) is 17.7 Å². The number of hydrogen-bond acceptors (Lipinski definition) is 29. The number of rotatable bonds is 21. The van der Waals surface area contributed by atoms with Crippen molar-refractivity contribution in [2.45, 2.75) is 67.5 Å². The molecule has 14 N–H and O–H groups in total. The number of imidazole rings is 3. The second kappa shape index (κ2) is 21.5. The van der Waals surface area contributed by atoms with Crippen LogP contribution >= 0.6 is 30.9 Å². The maximum absolute atomic E-state index is 13.7. The average Bonchev–Trinajstić information content (AvgIpc) is 4.22. The minimum Gasteiger partial charge on any atom is -0.443 e. The van der Waals surface area contributed by atoms with Gasteiger partial charge in [0.05, 0.1) is 59.7 Å². The molecule has 3 radical (unpaired) electrons. The van der Waals surface area contributed by atoms with E-state index in [1.165, 1.54) is 34.2 Å². The van der Waals surface area contributed by atoms with Crippen molar-refractivity contribution in [1.29, 1.82) is 0 Å². The second-order valence-corrected chi connectivity index (χ2v) is 23.4. The summed E-state index contributed by atoms with van der Waals surface area (Å²) in [6, 6.07) is 0. The van der Waals surface area contributed by atoms with E-state index in [0.29, 0.717) is 0 Å². The normalized spacial score (nSPS) is 30.0. The van der Waals surface area contributed by atoms with Crippen LogP contribution in [0.25, 0.3) is 33.5 Å². The van der Waals surface area contributed by atoms with Crippen LogP contribution in [0.3, 0.4) is 0 Å². The van der Waals surface area contributed by atoms with Crippen LogP contribution in [-0.2, 0) is 75.7 Å². The Balaban J connectivity index is 0.869. The van der Waals surface area contributed by atoms with Gasteiger partial charge in [-0.3, -0.25) is 46.8 Å². The number of hydrogen-bond donors (Lipinski definition) is 11. The molecule has 43 heteroatoms. The number of phosphoric acid groups is 3. The molecule has 3 fully saturated rings. The Bertz CT molecular complexity index is 3510. The first-order valence-electron chi connectivity index (χ1n) is 22.1. The minimum atomic E-state index is -6.05. The van der Waals surface area contributed by atoms with Gasteiger partial charge < -0.3 is 87.5 Å². The predicted octanol–water partition coefficient (Wildman–Crippen LogP) is -3.63. The van der Waals surface area contributed by atoms with Gasteiger partial charge >= 0.3 is 29.1 Å². The number of H-pyrrole nitrogens is 2. The fourth-order valence-corrected chi connectivity index (χ4v) is 13.4. The molecule has 3 aliphatic heterocycles. The van der Waals surface area contributed by atoms with Gasteiger partial charge in [0, 0.05) is 20.1 Å². The lowest BCUT2D eigenvalue weighted by molar-refractivity contribution is -0.745. The Hall–Kier alpha value is -5.05. The van der Waals surface area contributed by atoms with Crippen LogP contribution < -0.4 is 32.9 Å². The van der Waals surface area contributed by atoms with Gasteiger partial charge in [0.1, 0.15) is 54.6 Å². The Morgan fingerprint density at radius 2 is 1.35 bits per heavy atom. The van der Waals surface area contributed by atoms with Crippen LogP contribution in [-0.4, -0.2) is 181 Å². The van der Waals surface area contributed by atoms with Crippen LogP contribution in [0.15, 0.2) is 34.9 Å². The van der Waals surface area contributed by atoms with Gasteiger partial charge in [-0.2, -0.15) is 9.29 Å². The van der Waals surface area contributed by atoms with E-state index in [1.54, 1.807) is 0 Å². The van der Waals surface area contributed by atoms with Gasteiger partial charge in [0.15, 0.2) is 41.4 Å². The highest BCUT2D eigenvalue weighted by Crippen LogP contribution is 2.68. The first-order valence-corrected chi connectivity index (χ1v) is 28.2. The molecule has 3 saturated heterocycles. The Kier molecular flexibility index (Phi) is 15.9. The monoisotopic (exact) mass is 1170 g/mol. The molecule has 5 unspecified atom stereocenters. The number of aliphatic hydroxyl groups is 3. The van der Waals surface area contributed by atoms with Crippen LogP contribution in [0, 0.1) is 5.92 Å². The van der Waals surface area contributed by atoms with E-state index in [2.05, 4.69) is 48.5 Å². The van der Waals surface area contributed by atoms with Crippen molar-refractivity contribution < 1.29 is 103 Å². The van der Waals surface area contributed by atoms with E-state index >= 15 is 0 Å². The van der Waals surface area contributed by atoms with Crippen molar-refractivity contribution in [3.63, 3.8) is 0 Å². The maximum atomic E-state index is 13.7. The van der Waals surface area contributed by atoms with Crippen molar-refractivity contribution in [2.24, 2.45) is 13.0 Å². The first kappa shape index (κ1) is 56.7. The second-order valence-electron chi connectivity index (χ2n) is 17.2. The third-order valence-corrected chi connectivity index (χ3v) is 17.5. The Morgan fingerprint density at radius 3 is 2.06 bits per heavy atom. The molecule has 16 atom stereocenters. The van der Waals surface area contributed by atoms with Gasteiger partial charge in [0.2, 0.25) is 17.7 Å². The summed E-state index contributed by atoms with van der Waals surface area (Å²) in [6.45, 7) is -3.23. The summed E-state index contributed by atoms with van der Waals surface area (Å²) in [5, 5.41) is 33.1. The number of phosphoric ester groups is 2. The molecule has 9 heterocycles. The van der Waals surface area contributed by atoms with E-state index in [9.17, 15) is 57.8 Å². The van der Waals surface area contributed by atoms with Gasteiger partial charge in [-0.15, -0.1) is 0 Å². The topological polar surface area (TPSA) is 531 Å². The number of fused-ring (bicyclic) bond motifs is 3. The number of methoxy groups -OCH3 is 2. The van der Waals surface area contributed by atoms with E-state index in [1.807, 2.05) is 0 Å². The lowest BCUT2D eigenvalue weighted by Gasteiger charge is -2.30. The number of nitrogen functional groups attached to an aromatic ring is 3. The molecule has 38 nitrogen and oxygen atoms in total. The molecule has 6 aromatic rings. The van der Waals surface area contributed by atoms with Crippen LogP contribution in [0.1, 0.15) is 18.7 Å². The van der Waals surface area contributed by atoms with Crippen molar-refractivity contribution in [1.82, 2.24) is 53.6 Å². The molecular formula is C34H47BN15O23P4. The predicted molar refractivity (Wildman–Crippen MR) is 252 cm³/mol. The molecule has 6 aromatic heterocycles. The van der Waals surface area contributed by atoms with Crippen molar-refractivity contribution >= 4 is 89.7 Å². The summed E-state index contributed by atoms with van der Waals surface area (Å²) in [5.74, 6) is -1.61. The molecule has 9 rings (SSSR count). The fraction of sp³-hybridized carbons (Fsp3) is 0.559. The SMILES string of the molecule is [B-]P(=O)(OC[C@H]1O[C@@H]([n+]2cn(C)c3c(=O)[nH]c(N)nc32)[C@H](O)[C@@H]1COC)OP(=O)(O)OP(=O)(O)OCC1O[C@@H](n2cnc3c(N)ncnc32)[C@H](OC)[C@@H]1OP(=O)(O)OC[C@H]1O[C@@H](n2cnc3c(=O)[nH]c(N)nc32)[C@H](O)[C@@H]1O. The van der Waals surface area contributed by atoms with E-state index in [0.717, 1.165) is 30.7 Å². The Labute approximate surface area is 430 Å². The number of anilines is 3. The zero-order valence-corrected chi connectivity index (χ0v) is 43.3. The summed E-state index contributed by atoms with van der Waals surface area (Å²) in [7, 11) is -13.1. The molecule has 0 bridgehead atoms. The molecule has 0 aromatic carbocycles. The molecule has 0 amide bonds. The molecular weight excluding hydrogens is 1120 g/mol. The van der Waals surface area contributed by atoms with Gasteiger partial charge in [-0.25, -0.2) is 42.5 Å². The highest BCUT2D eigenvalue weighted by molar-refractivity contribution is 7.84. The Morgan fingerprint density at radius 1 is 0.714 bits per heavy atom. The zero-order chi connectivity index (χ0) is 55.7. The third kappa shape index (κ3) is 11.5. The highest BCUT2D eigenvalue weighted by atomic mass is 31.3. The molecule has 0 saturated carbocycles. The number of aryl methyl sites for hydroxylation is 1. The molecule has 419 valence electrons. The summed E-state index contributed by atoms with van der Waals surface area (Å²) in [6.07, 6.45) is -12.6. The summed E-state index contributed by atoms with van der Waals surface area (Å²) >= 11 is 0. The van der Waals surface area contributed by atoms with E-state index < -0.39 is 135 Å². The fourth-order valence-electron chi connectivity index (χ4n) is 8.80. The van der Waals surface area contributed by atoms with Crippen molar-refractivity contribution in [3.05, 3.63) is 46.0 Å². The summed E-state index contributed by atoms with van der Waals surface area (Å²) in [5.41, 5.74) is 15.8. The smallest absolute Gasteiger partial charge is 0.443 e. The summed E-state index contributed by atoms with van der Waals surface area (Å²) in [4.78, 5) is 86.1. The molecule has 3 aliphatic rings. The van der Waals surface area contributed by atoms with E-state index in [4.69, 9.17) is 66.5 Å². The van der Waals surface area contributed by atoms with E-state index in [-0.39, 0.29) is 57.8 Å². The minimum absolute atomic E-state index is 0.00478. The number of ether oxygens (including phenoxy) is 5. The van der Waals surface area contributed by atoms with Crippen molar-refractivity contribution in [2.75, 3.05) is 57.8 Å². The number of nitrogens with two attached hydrogens (primary N) is 3. The molecule has 0 spiro atoms.